The lowest BCUT2D eigenvalue weighted by Crippen LogP contribution is -2.15. The number of rotatable bonds is 7. The molecular weight excluding hydrogens is 260 g/mol. The van der Waals surface area contributed by atoms with E-state index in [1.807, 2.05) is 6.92 Å². The van der Waals surface area contributed by atoms with Crippen LogP contribution in [0, 0.1) is 0 Å². The van der Waals surface area contributed by atoms with E-state index in [1.54, 1.807) is 12.1 Å². The Morgan fingerprint density at radius 3 is 2.74 bits per heavy atom. The second-order valence-corrected chi connectivity index (χ2v) is 6.11. The molecule has 19 heavy (non-hydrogen) atoms. The number of unbranched alkanes of at least 4 members (excludes halogenated alkanes) is 4. The molecule has 1 aromatic rings. The van der Waals surface area contributed by atoms with Gasteiger partial charge >= 0.3 is 0 Å². The van der Waals surface area contributed by atoms with Crippen molar-refractivity contribution in [3.05, 3.63) is 30.0 Å². The first kappa shape index (κ1) is 15.9. The van der Waals surface area contributed by atoms with Gasteiger partial charge in [0.25, 0.3) is 10.0 Å². The van der Waals surface area contributed by atoms with Crippen molar-refractivity contribution in [2.45, 2.75) is 51.0 Å². The minimum atomic E-state index is -3.77. The van der Waals surface area contributed by atoms with Crippen molar-refractivity contribution in [3.8, 4) is 0 Å². The van der Waals surface area contributed by atoms with Gasteiger partial charge in [-0.25, -0.2) is 18.5 Å². The number of aromatic nitrogens is 1. The third-order valence-electron chi connectivity index (χ3n) is 2.97. The van der Waals surface area contributed by atoms with Crippen LogP contribution in [0.4, 0.5) is 0 Å². The molecule has 4 nitrogen and oxygen atoms in total. The minimum absolute atomic E-state index is 0.0442. The molecule has 0 aliphatic heterocycles. The molecule has 0 saturated carbocycles. The van der Waals surface area contributed by atoms with Crippen molar-refractivity contribution in [3.63, 3.8) is 0 Å². The summed E-state index contributed by atoms with van der Waals surface area (Å²) in [4.78, 5) is 3.87. The lowest BCUT2D eigenvalue weighted by atomic mass is 10.1. The van der Waals surface area contributed by atoms with E-state index in [2.05, 4.69) is 18.0 Å². The Bertz CT molecular complexity index is 536. The number of sulfonamides is 1. The third-order valence-corrected chi connectivity index (χ3v) is 3.84. The van der Waals surface area contributed by atoms with Crippen LogP contribution in [0.15, 0.2) is 29.4 Å². The van der Waals surface area contributed by atoms with E-state index >= 15 is 0 Å². The van der Waals surface area contributed by atoms with Gasteiger partial charge in [0, 0.05) is 11.8 Å². The third kappa shape index (κ3) is 5.12. The van der Waals surface area contributed by atoms with Gasteiger partial charge in [-0.05, 0) is 31.4 Å². The van der Waals surface area contributed by atoms with Crippen molar-refractivity contribution >= 4 is 15.6 Å². The highest BCUT2D eigenvalue weighted by Crippen LogP contribution is 2.21. The lowest BCUT2D eigenvalue weighted by Gasteiger charge is -2.07. The van der Waals surface area contributed by atoms with Gasteiger partial charge in [0.1, 0.15) is 0 Å². The zero-order valence-electron chi connectivity index (χ0n) is 11.6. The molecule has 0 aliphatic carbocycles. The molecule has 2 N–H and O–H groups in total. The summed E-state index contributed by atoms with van der Waals surface area (Å²) in [5.74, 6) is 0. The molecule has 0 aliphatic rings. The van der Waals surface area contributed by atoms with Gasteiger partial charge in [0.2, 0.25) is 0 Å². The Labute approximate surface area is 115 Å². The highest BCUT2D eigenvalue weighted by Gasteiger charge is 2.15. The van der Waals surface area contributed by atoms with Crippen molar-refractivity contribution in [2.24, 2.45) is 5.14 Å². The van der Waals surface area contributed by atoms with Crippen LogP contribution in [0.25, 0.3) is 5.57 Å². The predicted octanol–water partition coefficient (Wildman–Crippen LogP) is 3.10. The molecule has 1 aromatic heterocycles. The average molecular weight is 282 g/mol. The molecule has 1 rings (SSSR count). The number of nitrogens with zero attached hydrogens (tertiary/aromatic N) is 1. The smallest absolute Gasteiger partial charge is 0.243 e. The summed E-state index contributed by atoms with van der Waals surface area (Å²) < 4.78 is 22.9. The maximum atomic E-state index is 11.5. The molecule has 5 heteroatoms. The zero-order valence-corrected chi connectivity index (χ0v) is 12.4. The summed E-state index contributed by atoms with van der Waals surface area (Å²) in [5, 5.41) is 5.13. The zero-order chi connectivity index (χ0) is 14.3. The van der Waals surface area contributed by atoms with Crippen LogP contribution in [0.3, 0.4) is 0 Å². The Balaban J connectivity index is 2.82. The van der Waals surface area contributed by atoms with Crippen LogP contribution in [0.5, 0.6) is 0 Å². The highest BCUT2D eigenvalue weighted by molar-refractivity contribution is 7.89. The Hall–Kier alpha value is -1.20. The van der Waals surface area contributed by atoms with Crippen LogP contribution < -0.4 is 5.14 Å². The van der Waals surface area contributed by atoms with E-state index in [0.717, 1.165) is 18.4 Å². The fourth-order valence-corrected chi connectivity index (χ4v) is 2.66. The molecular formula is C14H22N2O2S. The standard InChI is InChI=1S/C14H22N2O2S/c1-3-4-5-6-7-9-12(2)13-10-8-11-16-14(13)19(15,17)18/h8-11H,3-7H2,1-2H3,(H2,15,17,18). The lowest BCUT2D eigenvalue weighted by molar-refractivity contribution is 0.593. The summed E-state index contributed by atoms with van der Waals surface area (Å²) >= 11 is 0. The van der Waals surface area contributed by atoms with E-state index in [0.29, 0.717) is 5.56 Å². The van der Waals surface area contributed by atoms with E-state index in [9.17, 15) is 8.42 Å². The summed E-state index contributed by atoms with van der Waals surface area (Å²) in [6.45, 7) is 4.07. The van der Waals surface area contributed by atoms with E-state index in [1.165, 1.54) is 25.5 Å². The van der Waals surface area contributed by atoms with Crippen molar-refractivity contribution < 1.29 is 8.42 Å². The normalized spacial score (nSPS) is 12.7. The van der Waals surface area contributed by atoms with Crippen LogP contribution in [-0.4, -0.2) is 13.4 Å². The molecule has 1 heterocycles. The molecule has 106 valence electrons. The van der Waals surface area contributed by atoms with Crippen LogP contribution in [-0.2, 0) is 10.0 Å². The van der Waals surface area contributed by atoms with E-state index < -0.39 is 10.0 Å². The fraction of sp³-hybridized carbons (Fsp3) is 0.500. The van der Waals surface area contributed by atoms with E-state index in [4.69, 9.17) is 5.14 Å². The second kappa shape index (κ2) is 7.40. The summed E-state index contributed by atoms with van der Waals surface area (Å²) in [5.41, 5.74) is 1.51. The molecule has 0 spiro atoms. The first-order chi connectivity index (χ1) is 8.96. The van der Waals surface area contributed by atoms with Crippen LogP contribution in [0.1, 0.15) is 51.5 Å². The van der Waals surface area contributed by atoms with Gasteiger partial charge in [0.05, 0.1) is 0 Å². The molecule has 0 radical (unpaired) electrons. The SMILES string of the molecule is CCCCCCC=C(C)c1cccnc1S(N)(=O)=O. The number of hydrogen-bond donors (Lipinski definition) is 1. The quantitative estimate of drug-likeness (QED) is 0.781. The minimum Gasteiger partial charge on any atom is -0.243 e. The number of nitrogens with two attached hydrogens (primary N) is 1. The molecule has 0 saturated heterocycles. The van der Waals surface area contributed by atoms with Gasteiger partial charge in [-0.1, -0.05) is 38.3 Å². The van der Waals surface area contributed by atoms with Crippen molar-refractivity contribution in [1.29, 1.82) is 0 Å². The average Bonchev–Trinajstić information content (AvgIpc) is 2.37. The monoisotopic (exact) mass is 282 g/mol. The van der Waals surface area contributed by atoms with Gasteiger partial charge < -0.3 is 0 Å². The molecule has 0 bridgehead atoms. The molecule has 0 atom stereocenters. The fourth-order valence-electron chi connectivity index (χ4n) is 1.92. The highest BCUT2D eigenvalue weighted by atomic mass is 32.2. The first-order valence-electron chi connectivity index (χ1n) is 6.61. The van der Waals surface area contributed by atoms with E-state index in [-0.39, 0.29) is 5.03 Å². The van der Waals surface area contributed by atoms with Crippen LogP contribution in [0.2, 0.25) is 0 Å². The molecule has 0 aromatic carbocycles. The van der Waals surface area contributed by atoms with Gasteiger partial charge in [-0.3, -0.25) is 0 Å². The number of primary sulfonamides is 1. The summed E-state index contributed by atoms with van der Waals surface area (Å²) in [6, 6.07) is 3.46. The van der Waals surface area contributed by atoms with Crippen molar-refractivity contribution in [1.82, 2.24) is 4.98 Å². The topological polar surface area (TPSA) is 73.0 Å². The predicted molar refractivity (Wildman–Crippen MR) is 78.0 cm³/mol. The van der Waals surface area contributed by atoms with Gasteiger partial charge in [-0.2, -0.15) is 0 Å². The Morgan fingerprint density at radius 1 is 1.37 bits per heavy atom. The number of allylic oxidation sites excluding steroid dienone is 2. The number of hydrogen-bond acceptors (Lipinski definition) is 3. The molecule has 0 amide bonds. The summed E-state index contributed by atoms with van der Waals surface area (Å²) in [6.07, 6.45) is 9.22. The van der Waals surface area contributed by atoms with Gasteiger partial charge in [-0.15, -0.1) is 0 Å². The summed E-state index contributed by atoms with van der Waals surface area (Å²) in [7, 11) is -3.77. The maximum Gasteiger partial charge on any atom is 0.256 e. The maximum absolute atomic E-state index is 11.5. The first-order valence-corrected chi connectivity index (χ1v) is 8.16. The van der Waals surface area contributed by atoms with Crippen molar-refractivity contribution in [2.75, 3.05) is 0 Å². The molecule has 0 fully saturated rings. The second-order valence-electron chi connectivity index (χ2n) is 4.64. The number of pyridine rings is 1. The largest absolute Gasteiger partial charge is 0.256 e. The van der Waals surface area contributed by atoms with Gasteiger partial charge in [0.15, 0.2) is 5.03 Å². The molecule has 0 unspecified atom stereocenters. The Kier molecular flexibility index (Phi) is 6.18. The van der Waals surface area contributed by atoms with Crippen LogP contribution >= 0.6 is 0 Å². The Morgan fingerprint density at radius 2 is 2.11 bits per heavy atom.